The van der Waals surface area contributed by atoms with Crippen LogP contribution in [0.1, 0.15) is 23.5 Å². The zero-order valence-electron chi connectivity index (χ0n) is 8.34. The summed E-state index contributed by atoms with van der Waals surface area (Å²) in [5.41, 5.74) is 2.96. The number of hydrogen-bond donors (Lipinski definition) is 1. The van der Waals surface area contributed by atoms with Gasteiger partial charge in [-0.05, 0) is 6.92 Å². The third-order valence-electron chi connectivity index (χ3n) is 2.07. The Morgan fingerprint density at radius 3 is 3.40 bits per heavy atom. The summed E-state index contributed by atoms with van der Waals surface area (Å²) in [5, 5.41) is 7.58. The van der Waals surface area contributed by atoms with Crippen molar-refractivity contribution in [3.05, 3.63) is 11.9 Å². The summed E-state index contributed by atoms with van der Waals surface area (Å²) in [6.45, 7) is 3.26. The number of rotatable bonds is 3. The lowest BCUT2D eigenvalue weighted by atomic mass is 10.3. The van der Waals surface area contributed by atoms with E-state index in [0.29, 0.717) is 19.8 Å². The lowest BCUT2D eigenvalue weighted by Gasteiger charge is -2.03. The van der Waals surface area contributed by atoms with Crippen molar-refractivity contribution >= 4 is 5.97 Å². The molecule has 82 valence electrons. The number of ether oxygens (including phenoxy) is 1. The van der Waals surface area contributed by atoms with E-state index in [9.17, 15) is 4.79 Å². The van der Waals surface area contributed by atoms with Crippen molar-refractivity contribution in [2.24, 2.45) is 0 Å². The maximum absolute atomic E-state index is 11.3. The Balaban J connectivity index is 2.06. The van der Waals surface area contributed by atoms with E-state index in [2.05, 4.69) is 15.8 Å². The van der Waals surface area contributed by atoms with E-state index in [-0.39, 0.29) is 11.7 Å². The molecule has 0 saturated carbocycles. The van der Waals surface area contributed by atoms with Gasteiger partial charge in [0.2, 0.25) is 0 Å². The fourth-order valence-electron chi connectivity index (χ4n) is 1.29. The average Bonchev–Trinajstić information content (AvgIpc) is 2.89. The number of carbonyl (C=O) groups is 1. The van der Waals surface area contributed by atoms with Crippen LogP contribution >= 0.6 is 0 Å². The zero-order chi connectivity index (χ0) is 10.7. The van der Waals surface area contributed by atoms with Crippen LogP contribution in [0.15, 0.2) is 6.20 Å². The molecule has 0 aromatic carbocycles. The summed E-state index contributed by atoms with van der Waals surface area (Å²) < 4.78 is 6.41. The number of esters is 1. The number of hydroxylamine groups is 1. The molecule has 0 bridgehead atoms. The van der Waals surface area contributed by atoms with Crippen LogP contribution in [-0.4, -0.2) is 40.7 Å². The number of nitrogens with zero attached hydrogens (tertiary/aromatic N) is 3. The molecular formula is C8H12N4O3. The first-order valence-electron chi connectivity index (χ1n) is 4.75. The third-order valence-corrected chi connectivity index (χ3v) is 2.07. The molecule has 0 radical (unpaired) electrons. The van der Waals surface area contributed by atoms with E-state index in [1.807, 2.05) is 0 Å². The first kappa shape index (κ1) is 10.1. The van der Waals surface area contributed by atoms with Gasteiger partial charge in [0, 0.05) is 6.54 Å². The molecule has 0 spiro atoms. The molecule has 2 rings (SSSR count). The minimum atomic E-state index is -0.448. The Bertz CT molecular complexity index is 345. The van der Waals surface area contributed by atoms with E-state index in [0.717, 1.165) is 0 Å². The second-order valence-electron chi connectivity index (χ2n) is 3.12. The molecule has 2 heterocycles. The normalized spacial score (nSPS) is 20.5. The number of nitrogens with one attached hydrogen (secondary N) is 1. The maximum atomic E-state index is 11.3. The van der Waals surface area contributed by atoms with Crippen LogP contribution in [0, 0.1) is 0 Å². The van der Waals surface area contributed by atoms with E-state index in [1.165, 1.54) is 0 Å². The molecule has 7 nitrogen and oxygen atoms in total. The fraction of sp³-hybridized carbons (Fsp3) is 0.625. The standard InChI is InChI=1S/C8H12N4O3/c1-2-14-8(13)7-4-12(11-10-7)6-3-9-15-5-6/h4,6,9H,2-3,5H2,1H3/t6-/m0/s1. The molecule has 1 saturated heterocycles. The zero-order valence-corrected chi connectivity index (χ0v) is 8.34. The van der Waals surface area contributed by atoms with Crippen LogP contribution in [0.4, 0.5) is 0 Å². The van der Waals surface area contributed by atoms with E-state index >= 15 is 0 Å². The summed E-state index contributed by atoms with van der Waals surface area (Å²) in [4.78, 5) is 16.3. The Kier molecular flexibility index (Phi) is 2.93. The van der Waals surface area contributed by atoms with Gasteiger partial charge in [-0.15, -0.1) is 5.10 Å². The third kappa shape index (κ3) is 2.13. The van der Waals surface area contributed by atoms with Crippen molar-refractivity contribution in [2.45, 2.75) is 13.0 Å². The van der Waals surface area contributed by atoms with Gasteiger partial charge >= 0.3 is 5.97 Å². The van der Waals surface area contributed by atoms with Crippen LogP contribution in [0.25, 0.3) is 0 Å². The lowest BCUT2D eigenvalue weighted by molar-refractivity contribution is 0.0519. The van der Waals surface area contributed by atoms with Gasteiger partial charge in [-0.1, -0.05) is 5.21 Å². The van der Waals surface area contributed by atoms with Crippen LogP contribution in [0.3, 0.4) is 0 Å². The maximum Gasteiger partial charge on any atom is 0.360 e. The molecule has 1 N–H and O–H groups in total. The van der Waals surface area contributed by atoms with E-state index < -0.39 is 5.97 Å². The molecule has 1 aromatic heterocycles. The number of carbonyl (C=O) groups excluding carboxylic acids is 1. The van der Waals surface area contributed by atoms with Crippen LogP contribution in [0.5, 0.6) is 0 Å². The largest absolute Gasteiger partial charge is 0.461 e. The first-order chi connectivity index (χ1) is 7.31. The van der Waals surface area contributed by atoms with Gasteiger partial charge in [0.05, 0.1) is 25.5 Å². The summed E-state index contributed by atoms with van der Waals surface area (Å²) in [6.07, 6.45) is 1.57. The highest BCUT2D eigenvalue weighted by Crippen LogP contribution is 2.09. The van der Waals surface area contributed by atoms with Crippen molar-refractivity contribution in [1.29, 1.82) is 0 Å². The molecule has 0 unspecified atom stereocenters. The SMILES string of the molecule is CCOC(=O)c1cn([C@H]2CNOC2)nn1. The molecule has 0 amide bonds. The summed E-state index contributed by atoms with van der Waals surface area (Å²) >= 11 is 0. The van der Waals surface area contributed by atoms with Gasteiger partial charge in [-0.25, -0.2) is 15.0 Å². The first-order valence-corrected chi connectivity index (χ1v) is 4.75. The molecule has 15 heavy (non-hydrogen) atoms. The van der Waals surface area contributed by atoms with Crippen molar-refractivity contribution in [3.8, 4) is 0 Å². The molecule has 7 heteroatoms. The summed E-state index contributed by atoms with van der Waals surface area (Å²) in [7, 11) is 0. The topological polar surface area (TPSA) is 78.3 Å². The van der Waals surface area contributed by atoms with Crippen molar-refractivity contribution < 1.29 is 14.4 Å². The van der Waals surface area contributed by atoms with Crippen molar-refractivity contribution in [1.82, 2.24) is 20.5 Å². The van der Waals surface area contributed by atoms with E-state index in [4.69, 9.17) is 9.57 Å². The summed E-state index contributed by atoms with van der Waals surface area (Å²) in [6, 6.07) is 0.0840. The van der Waals surface area contributed by atoms with Crippen LogP contribution in [0.2, 0.25) is 0 Å². The van der Waals surface area contributed by atoms with Gasteiger partial charge < -0.3 is 4.74 Å². The number of hydrogen-bond acceptors (Lipinski definition) is 6. The van der Waals surface area contributed by atoms with Gasteiger partial charge in [0.15, 0.2) is 5.69 Å². The smallest absolute Gasteiger partial charge is 0.360 e. The average molecular weight is 212 g/mol. The highest BCUT2D eigenvalue weighted by molar-refractivity contribution is 5.86. The minimum Gasteiger partial charge on any atom is -0.461 e. The Labute approximate surface area is 86.3 Å². The highest BCUT2D eigenvalue weighted by atomic mass is 16.7. The van der Waals surface area contributed by atoms with E-state index in [1.54, 1.807) is 17.8 Å². The number of aromatic nitrogens is 3. The summed E-state index contributed by atoms with van der Waals surface area (Å²) in [5.74, 6) is -0.448. The highest BCUT2D eigenvalue weighted by Gasteiger charge is 2.20. The Morgan fingerprint density at radius 2 is 2.73 bits per heavy atom. The van der Waals surface area contributed by atoms with Crippen molar-refractivity contribution in [3.63, 3.8) is 0 Å². The molecule has 1 aliphatic rings. The molecule has 1 atom stereocenters. The minimum absolute atomic E-state index is 0.0840. The predicted molar refractivity (Wildman–Crippen MR) is 49.0 cm³/mol. The quantitative estimate of drug-likeness (QED) is 0.682. The van der Waals surface area contributed by atoms with Gasteiger partial charge in [0.1, 0.15) is 0 Å². The van der Waals surface area contributed by atoms with Crippen LogP contribution in [-0.2, 0) is 9.57 Å². The molecule has 1 fully saturated rings. The Morgan fingerprint density at radius 1 is 1.87 bits per heavy atom. The fourth-order valence-corrected chi connectivity index (χ4v) is 1.29. The van der Waals surface area contributed by atoms with Crippen molar-refractivity contribution in [2.75, 3.05) is 19.8 Å². The van der Waals surface area contributed by atoms with Gasteiger partial charge in [-0.2, -0.15) is 0 Å². The van der Waals surface area contributed by atoms with Gasteiger partial charge in [-0.3, -0.25) is 4.84 Å². The van der Waals surface area contributed by atoms with Gasteiger partial charge in [0.25, 0.3) is 0 Å². The Hall–Kier alpha value is -1.47. The molecule has 0 aliphatic carbocycles. The second kappa shape index (κ2) is 4.37. The predicted octanol–water partition coefficient (Wildman–Crippen LogP) is -0.469. The second-order valence-corrected chi connectivity index (χ2v) is 3.12. The monoisotopic (exact) mass is 212 g/mol. The molecule has 1 aromatic rings. The lowest BCUT2D eigenvalue weighted by Crippen LogP contribution is -2.14. The van der Waals surface area contributed by atoms with Crippen LogP contribution < -0.4 is 5.48 Å². The molecular weight excluding hydrogens is 200 g/mol. The molecule has 1 aliphatic heterocycles.